The zero-order valence-corrected chi connectivity index (χ0v) is 8.70. The average molecular weight is 208 g/mol. The number of carbonyl (C=O) groups is 1. The standard InChI is InChI=1S/C11H12O2S/c1-9(12)7-8-14-11(13)10-5-3-2-4-6-10/h2-9,12H,1H3/t9-/m1/s1. The fourth-order valence-electron chi connectivity index (χ4n) is 0.857. The number of carbonyl (C=O) groups excluding carboxylic acids is 1. The summed E-state index contributed by atoms with van der Waals surface area (Å²) in [5.41, 5.74) is 0.674. The van der Waals surface area contributed by atoms with E-state index < -0.39 is 6.10 Å². The van der Waals surface area contributed by atoms with E-state index in [0.717, 1.165) is 11.8 Å². The third-order valence-corrected chi connectivity index (χ3v) is 2.28. The lowest BCUT2D eigenvalue weighted by Crippen LogP contribution is -1.93. The van der Waals surface area contributed by atoms with E-state index in [4.69, 9.17) is 5.11 Å². The second kappa shape index (κ2) is 5.62. The number of aliphatic hydroxyl groups is 1. The molecule has 1 atom stereocenters. The molecule has 0 unspecified atom stereocenters. The van der Waals surface area contributed by atoms with E-state index in [1.807, 2.05) is 18.2 Å². The SMILES string of the molecule is C[C@@H](O)C=CSC(=O)c1ccccc1. The highest BCUT2D eigenvalue weighted by molar-refractivity contribution is 8.16. The quantitative estimate of drug-likeness (QED) is 0.829. The summed E-state index contributed by atoms with van der Waals surface area (Å²) in [5, 5.41) is 10.5. The van der Waals surface area contributed by atoms with E-state index in [1.165, 1.54) is 0 Å². The van der Waals surface area contributed by atoms with Crippen LogP contribution in [0.5, 0.6) is 0 Å². The van der Waals surface area contributed by atoms with Crippen molar-refractivity contribution in [2.75, 3.05) is 0 Å². The molecule has 3 heteroatoms. The van der Waals surface area contributed by atoms with Gasteiger partial charge in [-0.1, -0.05) is 42.1 Å². The highest BCUT2D eigenvalue weighted by Crippen LogP contribution is 2.13. The van der Waals surface area contributed by atoms with Crippen molar-refractivity contribution in [2.24, 2.45) is 0 Å². The van der Waals surface area contributed by atoms with Gasteiger partial charge in [0.2, 0.25) is 5.12 Å². The summed E-state index contributed by atoms with van der Waals surface area (Å²) in [5.74, 6) is 0. The van der Waals surface area contributed by atoms with Crippen LogP contribution >= 0.6 is 11.8 Å². The van der Waals surface area contributed by atoms with Crippen LogP contribution in [0.2, 0.25) is 0 Å². The molecule has 0 heterocycles. The van der Waals surface area contributed by atoms with E-state index in [2.05, 4.69) is 0 Å². The Balaban J connectivity index is 2.52. The molecule has 0 aliphatic carbocycles. The van der Waals surface area contributed by atoms with E-state index in [9.17, 15) is 4.79 Å². The fourth-order valence-corrected chi connectivity index (χ4v) is 1.56. The molecule has 74 valence electrons. The molecule has 1 aromatic carbocycles. The maximum Gasteiger partial charge on any atom is 0.223 e. The average Bonchev–Trinajstić information content (AvgIpc) is 2.18. The third kappa shape index (κ3) is 3.77. The highest BCUT2D eigenvalue weighted by atomic mass is 32.2. The molecule has 0 aliphatic rings. The molecule has 0 saturated carbocycles. The van der Waals surface area contributed by atoms with E-state index in [1.54, 1.807) is 30.5 Å². The van der Waals surface area contributed by atoms with Crippen LogP contribution in [0.1, 0.15) is 17.3 Å². The van der Waals surface area contributed by atoms with Crippen molar-refractivity contribution in [3.8, 4) is 0 Å². The molecule has 0 radical (unpaired) electrons. The summed E-state index contributed by atoms with van der Waals surface area (Å²) >= 11 is 1.08. The molecule has 1 aromatic rings. The normalized spacial score (nSPS) is 13.0. The van der Waals surface area contributed by atoms with E-state index in [0.29, 0.717) is 5.56 Å². The summed E-state index contributed by atoms with van der Waals surface area (Å²) in [7, 11) is 0. The Morgan fingerprint density at radius 2 is 2.07 bits per heavy atom. The topological polar surface area (TPSA) is 37.3 Å². The number of rotatable bonds is 3. The first kappa shape index (κ1) is 11.0. The van der Waals surface area contributed by atoms with Crippen molar-refractivity contribution >= 4 is 16.9 Å². The lowest BCUT2D eigenvalue weighted by Gasteiger charge is -1.96. The van der Waals surface area contributed by atoms with Crippen molar-refractivity contribution in [3.63, 3.8) is 0 Å². The van der Waals surface area contributed by atoms with Gasteiger partial charge in [0.05, 0.1) is 6.10 Å². The lowest BCUT2D eigenvalue weighted by molar-refractivity contribution is 0.109. The minimum atomic E-state index is -0.508. The zero-order valence-electron chi connectivity index (χ0n) is 7.88. The molecule has 0 fully saturated rings. The molecule has 0 spiro atoms. The molecular formula is C11H12O2S. The number of thioether (sulfide) groups is 1. The number of hydrogen-bond acceptors (Lipinski definition) is 3. The van der Waals surface area contributed by atoms with Crippen LogP contribution in [0.3, 0.4) is 0 Å². The van der Waals surface area contributed by atoms with Crippen molar-refractivity contribution in [1.29, 1.82) is 0 Å². The Morgan fingerprint density at radius 1 is 1.43 bits per heavy atom. The Kier molecular flexibility index (Phi) is 4.43. The Hall–Kier alpha value is -1.06. The Bertz CT molecular complexity index is 317. The molecule has 0 saturated heterocycles. The van der Waals surface area contributed by atoms with Gasteiger partial charge in [0.1, 0.15) is 0 Å². The molecule has 1 N–H and O–H groups in total. The maximum absolute atomic E-state index is 11.5. The first-order chi connectivity index (χ1) is 6.70. The van der Waals surface area contributed by atoms with Gasteiger partial charge in [-0.05, 0) is 18.4 Å². The summed E-state index contributed by atoms with van der Waals surface area (Å²) < 4.78 is 0. The smallest absolute Gasteiger partial charge is 0.223 e. The number of hydrogen-bond donors (Lipinski definition) is 1. The van der Waals surface area contributed by atoms with Gasteiger partial charge in [0, 0.05) is 5.56 Å². The Morgan fingerprint density at radius 3 is 2.64 bits per heavy atom. The minimum Gasteiger partial charge on any atom is -0.389 e. The van der Waals surface area contributed by atoms with Crippen LogP contribution in [-0.4, -0.2) is 16.3 Å². The van der Waals surface area contributed by atoms with Crippen LogP contribution in [0, 0.1) is 0 Å². The summed E-state index contributed by atoms with van der Waals surface area (Å²) in [6, 6.07) is 9.06. The second-order valence-electron chi connectivity index (χ2n) is 2.84. The molecule has 0 aliphatic heterocycles. The van der Waals surface area contributed by atoms with E-state index in [-0.39, 0.29) is 5.12 Å². The monoisotopic (exact) mass is 208 g/mol. The van der Waals surface area contributed by atoms with Crippen LogP contribution < -0.4 is 0 Å². The minimum absolute atomic E-state index is 0.0116. The first-order valence-corrected chi connectivity index (χ1v) is 5.19. The van der Waals surface area contributed by atoms with Gasteiger partial charge in [-0.2, -0.15) is 0 Å². The van der Waals surface area contributed by atoms with Gasteiger partial charge in [-0.3, -0.25) is 4.79 Å². The fraction of sp³-hybridized carbons (Fsp3) is 0.182. The van der Waals surface area contributed by atoms with Gasteiger partial charge < -0.3 is 5.11 Å². The van der Waals surface area contributed by atoms with Gasteiger partial charge in [0.25, 0.3) is 0 Å². The second-order valence-corrected chi connectivity index (χ2v) is 3.72. The van der Waals surface area contributed by atoms with E-state index >= 15 is 0 Å². The van der Waals surface area contributed by atoms with Crippen LogP contribution in [0.25, 0.3) is 0 Å². The van der Waals surface area contributed by atoms with Crippen molar-refractivity contribution in [1.82, 2.24) is 0 Å². The number of benzene rings is 1. The number of aliphatic hydroxyl groups excluding tert-OH is 1. The van der Waals surface area contributed by atoms with Crippen molar-refractivity contribution < 1.29 is 9.90 Å². The van der Waals surface area contributed by atoms with Gasteiger partial charge >= 0.3 is 0 Å². The summed E-state index contributed by atoms with van der Waals surface area (Å²) in [6.07, 6.45) is 1.07. The van der Waals surface area contributed by atoms with Gasteiger partial charge in [-0.25, -0.2) is 0 Å². The Labute approximate surface area is 87.6 Å². The molecule has 0 amide bonds. The lowest BCUT2D eigenvalue weighted by atomic mass is 10.2. The van der Waals surface area contributed by atoms with Crippen molar-refractivity contribution in [2.45, 2.75) is 13.0 Å². The third-order valence-electron chi connectivity index (χ3n) is 1.54. The van der Waals surface area contributed by atoms with Crippen LogP contribution in [0.15, 0.2) is 41.8 Å². The highest BCUT2D eigenvalue weighted by Gasteiger charge is 2.02. The maximum atomic E-state index is 11.5. The molecular weight excluding hydrogens is 196 g/mol. The summed E-state index contributed by atoms with van der Waals surface area (Å²) in [6.45, 7) is 1.64. The van der Waals surface area contributed by atoms with Crippen LogP contribution in [-0.2, 0) is 0 Å². The molecule has 1 rings (SSSR count). The van der Waals surface area contributed by atoms with Gasteiger partial charge in [-0.15, -0.1) is 0 Å². The predicted octanol–water partition coefficient (Wildman–Crippen LogP) is 2.45. The molecule has 0 bridgehead atoms. The molecule has 2 nitrogen and oxygen atoms in total. The largest absolute Gasteiger partial charge is 0.389 e. The van der Waals surface area contributed by atoms with Crippen LogP contribution in [0.4, 0.5) is 0 Å². The predicted molar refractivity (Wildman–Crippen MR) is 59.2 cm³/mol. The van der Waals surface area contributed by atoms with Gasteiger partial charge in [0.15, 0.2) is 0 Å². The first-order valence-electron chi connectivity index (χ1n) is 4.31. The molecule has 14 heavy (non-hydrogen) atoms. The zero-order chi connectivity index (χ0) is 10.4. The van der Waals surface area contributed by atoms with Crippen molar-refractivity contribution in [3.05, 3.63) is 47.4 Å². The summed E-state index contributed by atoms with van der Waals surface area (Å²) in [4.78, 5) is 11.5. The molecule has 0 aromatic heterocycles.